The number of nitrogens with zero attached hydrogens (tertiary/aromatic N) is 2. The fourth-order valence-corrected chi connectivity index (χ4v) is 3.12. The predicted molar refractivity (Wildman–Crippen MR) is 107 cm³/mol. The van der Waals surface area contributed by atoms with Crippen LogP contribution in [0.1, 0.15) is 57.3 Å². The SMILES string of the molecule is CCCCC(=O)NCc1ccc([N+](=O)[O-])c(C(C)OP(C)OC=NCC)c1. The maximum atomic E-state index is 11.8. The summed E-state index contributed by atoms with van der Waals surface area (Å²) < 4.78 is 11.1. The van der Waals surface area contributed by atoms with E-state index >= 15 is 0 Å². The molecule has 1 aromatic rings. The lowest BCUT2D eigenvalue weighted by Crippen LogP contribution is -2.22. The normalized spacial score (nSPS) is 13.3. The lowest BCUT2D eigenvalue weighted by Gasteiger charge is -2.18. The molecule has 150 valence electrons. The second-order valence-electron chi connectivity index (χ2n) is 5.93. The monoisotopic (exact) mass is 397 g/mol. The van der Waals surface area contributed by atoms with Crippen LogP contribution in [0.5, 0.6) is 0 Å². The van der Waals surface area contributed by atoms with E-state index < -0.39 is 19.4 Å². The van der Waals surface area contributed by atoms with E-state index in [1.165, 1.54) is 12.5 Å². The topological polar surface area (TPSA) is 103 Å². The number of unbranched alkanes of at least 4 members (excludes halogenated alkanes) is 1. The Balaban J connectivity index is 2.84. The van der Waals surface area contributed by atoms with Gasteiger partial charge < -0.3 is 14.4 Å². The Morgan fingerprint density at radius 1 is 1.44 bits per heavy atom. The van der Waals surface area contributed by atoms with Crippen LogP contribution >= 0.6 is 8.38 Å². The molecule has 9 heteroatoms. The summed E-state index contributed by atoms with van der Waals surface area (Å²) in [6.07, 6.45) is 3.08. The standard InChI is InChI=1S/C18H28N3O5P/c1-5-7-8-18(22)20-12-15-9-10-17(21(23)24)16(11-15)14(3)26-27(4)25-13-19-6-2/h9-11,13-14H,5-8,12H2,1-4H3,(H,20,22). The first-order chi connectivity index (χ1) is 12.9. The first-order valence-electron chi connectivity index (χ1n) is 8.98. The Morgan fingerprint density at radius 3 is 2.81 bits per heavy atom. The van der Waals surface area contributed by atoms with Crippen LogP contribution in [0, 0.1) is 10.1 Å². The maximum Gasteiger partial charge on any atom is 0.275 e. The van der Waals surface area contributed by atoms with Gasteiger partial charge in [-0.05, 0) is 31.9 Å². The molecule has 2 atom stereocenters. The van der Waals surface area contributed by atoms with Gasteiger partial charge in [0.2, 0.25) is 14.3 Å². The number of nitro benzene ring substituents is 1. The Hall–Kier alpha value is -2.05. The molecular formula is C18H28N3O5P. The smallest absolute Gasteiger partial charge is 0.275 e. The summed E-state index contributed by atoms with van der Waals surface area (Å²) in [5.74, 6) is -0.0262. The lowest BCUT2D eigenvalue weighted by atomic mass is 10.0. The quantitative estimate of drug-likeness (QED) is 0.184. The van der Waals surface area contributed by atoms with Crippen LogP contribution < -0.4 is 5.32 Å². The molecule has 8 nitrogen and oxygen atoms in total. The summed E-state index contributed by atoms with van der Waals surface area (Å²) in [6.45, 7) is 8.34. The van der Waals surface area contributed by atoms with Crippen LogP contribution in [0.15, 0.2) is 23.2 Å². The van der Waals surface area contributed by atoms with Gasteiger partial charge >= 0.3 is 0 Å². The molecule has 0 heterocycles. The molecule has 1 N–H and O–H groups in total. The van der Waals surface area contributed by atoms with Gasteiger partial charge in [-0.15, -0.1) is 0 Å². The summed E-state index contributed by atoms with van der Waals surface area (Å²) >= 11 is 0. The molecule has 0 bridgehead atoms. The molecule has 0 saturated heterocycles. The van der Waals surface area contributed by atoms with Crippen molar-refractivity contribution in [2.45, 2.75) is 52.7 Å². The molecule has 0 aliphatic rings. The number of hydrogen-bond acceptors (Lipinski definition) is 6. The minimum Gasteiger partial charge on any atom is -0.437 e. The molecule has 0 saturated carbocycles. The van der Waals surface area contributed by atoms with Crippen molar-refractivity contribution in [2.24, 2.45) is 4.99 Å². The molecule has 1 amide bonds. The molecule has 0 fully saturated rings. The van der Waals surface area contributed by atoms with Crippen LogP contribution in [-0.4, -0.2) is 30.4 Å². The third-order valence-corrected chi connectivity index (χ3v) is 4.74. The van der Waals surface area contributed by atoms with Gasteiger partial charge in [-0.1, -0.05) is 19.4 Å². The van der Waals surface area contributed by atoms with Gasteiger partial charge in [-0.3, -0.25) is 19.9 Å². The zero-order valence-electron chi connectivity index (χ0n) is 16.3. The number of nitro groups is 1. The Morgan fingerprint density at radius 2 is 2.19 bits per heavy atom. The molecule has 0 aliphatic heterocycles. The number of carbonyl (C=O) groups is 1. The number of benzene rings is 1. The zero-order valence-corrected chi connectivity index (χ0v) is 17.2. The van der Waals surface area contributed by atoms with E-state index in [0.717, 1.165) is 18.4 Å². The maximum absolute atomic E-state index is 11.8. The van der Waals surface area contributed by atoms with Gasteiger partial charge in [0, 0.05) is 32.2 Å². The van der Waals surface area contributed by atoms with E-state index in [4.69, 9.17) is 9.05 Å². The van der Waals surface area contributed by atoms with Crippen LogP contribution in [0.3, 0.4) is 0 Å². The molecule has 0 aliphatic carbocycles. The summed E-state index contributed by atoms with van der Waals surface area (Å²) in [4.78, 5) is 26.6. The molecule has 0 aromatic heterocycles. The van der Waals surface area contributed by atoms with Crippen molar-refractivity contribution in [3.8, 4) is 0 Å². The van der Waals surface area contributed by atoms with Gasteiger partial charge in [0.25, 0.3) is 5.69 Å². The van der Waals surface area contributed by atoms with Gasteiger partial charge in [-0.2, -0.15) is 0 Å². The molecule has 1 aromatic carbocycles. The number of rotatable bonds is 12. The largest absolute Gasteiger partial charge is 0.437 e. The van der Waals surface area contributed by atoms with Crippen LogP contribution in [-0.2, 0) is 20.4 Å². The number of nitrogens with one attached hydrogen (secondary N) is 1. The van der Waals surface area contributed by atoms with E-state index in [-0.39, 0.29) is 11.6 Å². The highest BCUT2D eigenvalue weighted by Crippen LogP contribution is 2.41. The summed E-state index contributed by atoms with van der Waals surface area (Å²) in [5, 5.41) is 14.2. The van der Waals surface area contributed by atoms with Crippen molar-refractivity contribution in [1.29, 1.82) is 0 Å². The molecular weight excluding hydrogens is 369 g/mol. The third-order valence-electron chi connectivity index (χ3n) is 3.73. The summed E-state index contributed by atoms with van der Waals surface area (Å²) in [7, 11) is -1.26. The van der Waals surface area contributed by atoms with Crippen LogP contribution in [0.25, 0.3) is 0 Å². The van der Waals surface area contributed by atoms with Gasteiger partial charge in [0.15, 0.2) is 6.40 Å². The summed E-state index contributed by atoms with van der Waals surface area (Å²) in [6, 6.07) is 4.79. The Bertz CT molecular complexity index is 654. The van der Waals surface area contributed by atoms with E-state index in [1.807, 2.05) is 13.8 Å². The van der Waals surface area contributed by atoms with E-state index in [2.05, 4.69) is 10.3 Å². The highest BCUT2D eigenvalue weighted by atomic mass is 31.2. The fourth-order valence-electron chi connectivity index (χ4n) is 2.31. The zero-order chi connectivity index (χ0) is 20.2. The fraction of sp³-hybridized carbons (Fsp3) is 0.556. The van der Waals surface area contributed by atoms with Crippen LogP contribution in [0.2, 0.25) is 0 Å². The van der Waals surface area contributed by atoms with Crippen molar-refractivity contribution in [3.05, 3.63) is 39.4 Å². The minimum atomic E-state index is -1.26. The van der Waals surface area contributed by atoms with Crippen molar-refractivity contribution in [2.75, 3.05) is 13.2 Å². The molecule has 0 spiro atoms. The van der Waals surface area contributed by atoms with Crippen molar-refractivity contribution >= 4 is 26.4 Å². The van der Waals surface area contributed by atoms with Crippen LogP contribution in [0.4, 0.5) is 5.69 Å². The lowest BCUT2D eigenvalue weighted by molar-refractivity contribution is -0.386. The van der Waals surface area contributed by atoms with Gasteiger partial charge in [0.05, 0.1) is 16.6 Å². The van der Waals surface area contributed by atoms with Gasteiger partial charge in [0.1, 0.15) is 0 Å². The first kappa shape index (κ1) is 23.0. The summed E-state index contributed by atoms with van der Waals surface area (Å²) in [5.41, 5.74) is 1.21. The Kier molecular flexibility index (Phi) is 10.5. The average Bonchev–Trinajstić information content (AvgIpc) is 2.64. The third kappa shape index (κ3) is 8.45. The number of hydrogen-bond donors (Lipinski definition) is 1. The second kappa shape index (κ2) is 12.4. The van der Waals surface area contributed by atoms with Gasteiger partial charge in [-0.25, -0.2) is 0 Å². The first-order valence-corrected chi connectivity index (χ1v) is 10.6. The minimum absolute atomic E-state index is 0.0193. The van der Waals surface area contributed by atoms with E-state index in [1.54, 1.807) is 25.7 Å². The predicted octanol–water partition coefficient (Wildman–Crippen LogP) is 4.49. The Labute approximate surface area is 161 Å². The highest BCUT2D eigenvalue weighted by Gasteiger charge is 2.22. The van der Waals surface area contributed by atoms with Crippen molar-refractivity contribution < 1.29 is 18.8 Å². The average molecular weight is 397 g/mol. The van der Waals surface area contributed by atoms with Crippen molar-refractivity contribution in [1.82, 2.24) is 5.32 Å². The van der Waals surface area contributed by atoms with E-state index in [0.29, 0.717) is 25.1 Å². The molecule has 1 rings (SSSR count). The molecule has 2 unspecified atom stereocenters. The second-order valence-corrected chi connectivity index (χ2v) is 7.23. The van der Waals surface area contributed by atoms with E-state index in [9.17, 15) is 14.9 Å². The molecule has 27 heavy (non-hydrogen) atoms. The number of aliphatic imine (C=N–C) groups is 1. The van der Waals surface area contributed by atoms with Crippen molar-refractivity contribution in [3.63, 3.8) is 0 Å². The highest BCUT2D eigenvalue weighted by molar-refractivity contribution is 7.46. The molecule has 0 radical (unpaired) electrons. The number of amides is 1. The number of carbonyl (C=O) groups excluding carboxylic acids is 1.